The number of pyridine rings is 1. The van der Waals surface area contributed by atoms with Gasteiger partial charge in [-0.25, -0.2) is 15.0 Å². The second kappa shape index (κ2) is 4.47. The lowest BCUT2D eigenvalue weighted by atomic mass is 10.4. The van der Waals surface area contributed by atoms with Crippen molar-refractivity contribution in [3.63, 3.8) is 0 Å². The van der Waals surface area contributed by atoms with Crippen LogP contribution in [0.4, 0.5) is 11.6 Å². The summed E-state index contributed by atoms with van der Waals surface area (Å²) in [6, 6.07) is 7.40. The number of hydrogen-bond donors (Lipinski definition) is 2. The van der Waals surface area contributed by atoms with Gasteiger partial charge in [0.05, 0.1) is 6.54 Å². The summed E-state index contributed by atoms with van der Waals surface area (Å²) in [6.07, 6.45) is 3.38. The molecule has 5 nitrogen and oxygen atoms in total. The second-order valence-corrected chi connectivity index (χ2v) is 2.90. The van der Waals surface area contributed by atoms with Gasteiger partial charge in [0.1, 0.15) is 17.5 Å². The van der Waals surface area contributed by atoms with Gasteiger partial charge in [-0.1, -0.05) is 6.07 Å². The monoisotopic (exact) mass is 201 g/mol. The van der Waals surface area contributed by atoms with E-state index in [2.05, 4.69) is 20.3 Å². The number of nitrogens with zero attached hydrogens (tertiary/aromatic N) is 3. The Kier molecular flexibility index (Phi) is 2.85. The summed E-state index contributed by atoms with van der Waals surface area (Å²) in [6.45, 7) is 0.331. The van der Waals surface area contributed by atoms with E-state index in [1.54, 1.807) is 18.5 Å². The fourth-order valence-corrected chi connectivity index (χ4v) is 1.13. The van der Waals surface area contributed by atoms with E-state index in [9.17, 15) is 0 Å². The summed E-state index contributed by atoms with van der Waals surface area (Å²) in [4.78, 5) is 12.3. The molecule has 76 valence electrons. The van der Waals surface area contributed by atoms with E-state index in [1.165, 1.54) is 0 Å². The summed E-state index contributed by atoms with van der Waals surface area (Å²) in [7, 11) is 0. The van der Waals surface area contributed by atoms with Crippen molar-refractivity contribution in [2.24, 2.45) is 5.73 Å². The lowest BCUT2D eigenvalue weighted by Crippen LogP contribution is -2.04. The van der Waals surface area contributed by atoms with Crippen LogP contribution >= 0.6 is 0 Å². The van der Waals surface area contributed by atoms with Gasteiger partial charge in [-0.3, -0.25) is 0 Å². The molecule has 0 amide bonds. The van der Waals surface area contributed by atoms with Crippen molar-refractivity contribution < 1.29 is 0 Å². The molecule has 0 saturated carbocycles. The highest BCUT2D eigenvalue weighted by atomic mass is 15.1. The van der Waals surface area contributed by atoms with Gasteiger partial charge >= 0.3 is 0 Å². The lowest BCUT2D eigenvalue weighted by Gasteiger charge is -2.04. The SMILES string of the molecule is NCc1nccc(Nc2ccccn2)n1. The van der Waals surface area contributed by atoms with E-state index < -0.39 is 0 Å². The van der Waals surface area contributed by atoms with Crippen LogP contribution in [0, 0.1) is 0 Å². The number of nitrogens with one attached hydrogen (secondary N) is 1. The van der Waals surface area contributed by atoms with Crippen LogP contribution in [0.2, 0.25) is 0 Å². The van der Waals surface area contributed by atoms with Gasteiger partial charge in [0, 0.05) is 12.4 Å². The maximum absolute atomic E-state index is 5.44. The third-order valence-electron chi connectivity index (χ3n) is 1.81. The zero-order valence-corrected chi connectivity index (χ0v) is 8.09. The molecule has 0 aliphatic heterocycles. The Morgan fingerprint density at radius 1 is 1.07 bits per heavy atom. The molecule has 0 fully saturated rings. The molecule has 2 rings (SSSR count). The van der Waals surface area contributed by atoms with Crippen LogP contribution in [0.5, 0.6) is 0 Å². The summed E-state index contributed by atoms with van der Waals surface area (Å²) < 4.78 is 0. The molecule has 0 saturated heterocycles. The highest BCUT2D eigenvalue weighted by Crippen LogP contribution is 2.09. The van der Waals surface area contributed by atoms with Gasteiger partial charge in [0.25, 0.3) is 0 Å². The lowest BCUT2D eigenvalue weighted by molar-refractivity contribution is 0.911. The molecule has 0 aliphatic carbocycles. The van der Waals surface area contributed by atoms with Gasteiger partial charge in [-0.05, 0) is 18.2 Å². The van der Waals surface area contributed by atoms with Crippen molar-refractivity contribution >= 4 is 11.6 Å². The average Bonchev–Trinajstić information content (AvgIpc) is 2.31. The minimum Gasteiger partial charge on any atom is -0.325 e. The normalized spacial score (nSPS) is 9.93. The number of anilines is 2. The van der Waals surface area contributed by atoms with Gasteiger partial charge in [-0.15, -0.1) is 0 Å². The molecule has 0 aromatic carbocycles. The topological polar surface area (TPSA) is 76.7 Å². The number of aromatic nitrogens is 3. The van der Waals surface area contributed by atoms with Gasteiger partial charge in [0.15, 0.2) is 0 Å². The molecule has 2 aromatic heterocycles. The van der Waals surface area contributed by atoms with Gasteiger partial charge in [0.2, 0.25) is 0 Å². The van der Waals surface area contributed by atoms with Crippen LogP contribution < -0.4 is 11.1 Å². The third-order valence-corrected chi connectivity index (χ3v) is 1.81. The summed E-state index contributed by atoms with van der Waals surface area (Å²) in [5.74, 6) is 2.05. The molecule has 15 heavy (non-hydrogen) atoms. The smallest absolute Gasteiger partial charge is 0.144 e. The first-order valence-electron chi connectivity index (χ1n) is 4.58. The molecule has 0 aliphatic rings. The maximum Gasteiger partial charge on any atom is 0.144 e. The molecule has 0 bridgehead atoms. The Labute approximate surface area is 87.4 Å². The number of nitrogens with two attached hydrogens (primary N) is 1. The Hall–Kier alpha value is -2.01. The predicted molar refractivity (Wildman–Crippen MR) is 57.4 cm³/mol. The zero-order valence-electron chi connectivity index (χ0n) is 8.09. The highest BCUT2D eigenvalue weighted by Gasteiger charge is 1.98. The zero-order chi connectivity index (χ0) is 10.5. The van der Waals surface area contributed by atoms with Gasteiger partial charge in [-0.2, -0.15) is 0 Å². The molecule has 2 aromatic rings. The van der Waals surface area contributed by atoms with Gasteiger partial charge < -0.3 is 11.1 Å². The second-order valence-electron chi connectivity index (χ2n) is 2.90. The molecule has 0 spiro atoms. The molecular formula is C10H11N5. The van der Waals surface area contributed by atoms with E-state index in [0.29, 0.717) is 18.2 Å². The predicted octanol–water partition coefficient (Wildman–Crippen LogP) is 1.07. The third kappa shape index (κ3) is 2.47. The molecule has 5 heteroatoms. The van der Waals surface area contributed by atoms with Crippen molar-refractivity contribution in [1.29, 1.82) is 0 Å². The fraction of sp³-hybridized carbons (Fsp3) is 0.100. The Morgan fingerprint density at radius 2 is 2.00 bits per heavy atom. The van der Waals surface area contributed by atoms with Crippen molar-refractivity contribution in [1.82, 2.24) is 15.0 Å². The first-order valence-corrected chi connectivity index (χ1v) is 4.58. The van der Waals surface area contributed by atoms with Crippen LogP contribution in [0.15, 0.2) is 36.7 Å². The first kappa shape index (κ1) is 9.54. The highest BCUT2D eigenvalue weighted by molar-refractivity contribution is 5.50. The van der Waals surface area contributed by atoms with E-state index >= 15 is 0 Å². The van der Waals surface area contributed by atoms with E-state index in [4.69, 9.17) is 5.73 Å². The summed E-state index contributed by atoms with van der Waals surface area (Å²) >= 11 is 0. The Bertz CT molecular complexity index is 429. The molecular weight excluding hydrogens is 190 g/mol. The first-order chi connectivity index (χ1) is 7.38. The van der Waals surface area contributed by atoms with Crippen molar-refractivity contribution in [3.05, 3.63) is 42.5 Å². The van der Waals surface area contributed by atoms with Crippen LogP contribution in [0.3, 0.4) is 0 Å². The van der Waals surface area contributed by atoms with E-state index in [1.807, 2.05) is 18.2 Å². The van der Waals surface area contributed by atoms with E-state index in [-0.39, 0.29) is 0 Å². The van der Waals surface area contributed by atoms with Crippen LogP contribution in [-0.2, 0) is 6.54 Å². The minimum atomic E-state index is 0.331. The van der Waals surface area contributed by atoms with E-state index in [0.717, 1.165) is 5.82 Å². The molecule has 3 N–H and O–H groups in total. The standard InChI is InChI=1S/C10H11N5/c11-7-10-13-6-4-9(15-10)14-8-3-1-2-5-12-8/h1-6H,7,11H2,(H,12,13,14,15). The van der Waals surface area contributed by atoms with Crippen LogP contribution in [0.1, 0.15) is 5.82 Å². The van der Waals surface area contributed by atoms with Crippen molar-refractivity contribution in [3.8, 4) is 0 Å². The fourth-order valence-electron chi connectivity index (χ4n) is 1.13. The quantitative estimate of drug-likeness (QED) is 0.776. The minimum absolute atomic E-state index is 0.331. The summed E-state index contributed by atoms with van der Waals surface area (Å²) in [5, 5.41) is 3.06. The molecule has 2 heterocycles. The van der Waals surface area contributed by atoms with Crippen LogP contribution in [-0.4, -0.2) is 15.0 Å². The van der Waals surface area contributed by atoms with Crippen molar-refractivity contribution in [2.75, 3.05) is 5.32 Å². The van der Waals surface area contributed by atoms with Crippen molar-refractivity contribution in [2.45, 2.75) is 6.54 Å². The maximum atomic E-state index is 5.44. The molecule has 0 unspecified atom stereocenters. The number of hydrogen-bond acceptors (Lipinski definition) is 5. The molecule has 0 atom stereocenters. The number of rotatable bonds is 3. The largest absolute Gasteiger partial charge is 0.325 e. The Morgan fingerprint density at radius 3 is 2.73 bits per heavy atom. The summed E-state index contributed by atoms with van der Waals surface area (Å²) in [5.41, 5.74) is 5.44. The molecule has 0 radical (unpaired) electrons. The van der Waals surface area contributed by atoms with Crippen LogP contribution in [0.25, 0.3) is 0 Å². The Balaban J connectivity index is 2.17. The average molecular weight is 201 g/mol.